The van der Waals surface area contributed by atoms with Crippen LogP contribution in [0.1, 0.15) is 24.4 Å². The molecular formula is C22H34N10O18P3+. The van der Waals surface area contributed by atoms with Gasteiger partial charge in [0.05, 0.1) is 26.6 Å². The molecule has 0 aromatic carbocycles. The van der Waals surface area contributed by atoms with E-state index in [0.717, 1.165) is 10.9 Å². The van der Waals surface area contributed by atoms with Crippen LogP contribution in [0.5, 0.6) is 0 Å². The molecular weight excluding hydrogens is 785 g/mol. The van der Waals surface area contributed by atoms with Crippen LogP contribution in [0.4, 0.5) is 11.8 Å². The van der Waals surface area contributed by atoms with Gasteiger partial charge in [-0.15, -0.1) is 0 Å². The van der Waals surface area contributed by atoms with E-state index in [1.54, 1.807) is 7.05 Å². The second-order valence-corrected chi connectivity index (χ2v) is 16.3. The lowest BCUT2D eigenvalue weighted by atomic mass is 10.1. The van der Waals surface area contributed by atoms with E-state index in [2.05, 4.69) is 38.4 Å². The average molecular weight is 819 g/mol. The Balaban J connectivity index is 1.05. The number of aryl methyl sites for hydroxylation is 1. The van der Waals surface area contributed by atoms with Crippen LogP contribution in [0, 0.1) is 0 Å². The fraction of sp³-hybridized carbons (Fsp3) is 0.591. The van der Waals surface area contributed by atoms with E-state index in [-0.39, 0.29) is 34.6 Å². The van der Waals surface area contributed by atoms with E-state index in [1.807, 2.05) is 0 Å². The molecule has 0 aliphatic carbocycles. The van der Waals surface area contributed by atoms with Gasteiger partial charge in [-0.2, -0.15) is 18.6 Å². The van der Waals surface area contributed by atoms with Crippen molar-refractivity contribution in [3.63, 3.8) is 0 Å². The molecule has 3 aliphatic heterocycles. The van der Waals surface area contributed by atoms with Gasteiger partial charge < -0.3 is 60.8 Å². The maximum atomic E-state index is 12.6. The van der Waals surface area contributed by atoms with Crippen molar-refractivity contribution in [2.24, 2.45) is 17.8 Å². The second-order valence-electron chi connectivity index (χ2n) is 11.6. The van der Waals surface area contributed by atoms with Gasteiger partial charge >= 0.3 is 23.5 Å². The quantitative estimate of drug-likeness (QED) is 0.0578. The number of fused-ring (bicyclic) bond motifs is 2. The number of aliphatic hydroxyl groups excluding tert-OH is 4. The molecule has 3 aromatic heterocycles. The van der Waals surface area contributed by atoms with Gasteiger partial charge in [-0.3, -0.25) is 28.0 Å². The van der Waals surface area contributed by atoms with E-state index < -0.39 is 97.5 Å². The summed E-state index contributed by atoms with van der Waals surface area (Å²) in [5.74, 6) is -0.256. The van der Waals surface area contributed by atoms with E-state index >= 15 is 0 Å². The molecule has 2 saturated heterocycles. The summed E-state index contributed by atoms with van der Waals surface area (Å²) in [5.41, 5.74) is 10.5. The van der Waals surface area contributed by atoms with Crippen molar-refractivity contribution in [2.75, 3.05) is 31.4 Å². The first-order valence-corrected chi connectivity index (χ1v) is 19.4. The number of hydrogen-bond acceptors (Lipinski definition) is 21. The van der Waals surface area contributed by atoms with Crippen molar-refractivity contribution >= 4 is 52.4 Å². The molecule has 0 amide bonds. The third kappa shape index (κ3) is 7.96. The van der Waals surface area contributed by atoms with Crippen LogP contribution in [0.3, 0.4) is 0 Å². The molecule has 3 aliphatic rings. The van der Waals surface area contributed by atoms with Crippen LogP contribution in [0.15, 0.2) is 22.4 Å². The highest BCUT2D eigenvalue weighted by Gasteiger charge is 2.51. The smallest absolute Gasteiger partial charge is 0.387 e. The summed E-state index contributed by atoms with van der Waals surface area (Å²) in [6.45, 7) is -2.00. The molecule has 6 heterocycles. The number of imidazole rings is 2. The number of phosphoric acid groups is 3. The number of nitrogens with two attached hydrogens (primary N) is 2. The number of methoxy groups -OCH3 is 1. The molecule has 3 aromatic rings. The van der Waals surface area contributed by atoms with Gasteiger partial charge in [0.15, 0.2) is 23.7 Å². The molecule has 294 valence electrons. The Morgan fingerprint density at radius 2 is 1.60 bits per heavy atom. The van der Waals surface area contributed by atoms with Crippen LogP contribution in [-0.2, 0) is 52.6 Å². The zero-order valence-electron chi connectivity index (χ0n) is 27.1. The maximum Gasteiger partial charge on any atom is 0.490 e. The Labute approximate surface area is 294 Å². The number of guanidine groups is 1. The molecule has 13 N–H and O–H groups in total. The van der Waals surface area contributed by atoms with Gasteiger partial charge in [-0.05, 0) is 0 Å². The fourth-order valence-electron chi connectivity index (χ4n) is 5.84. The van der Waals surface area contributed by atoms with Gasteiger partial charge in [-0.25, -0.2) is 28.6 Å². The highest BCUT2D eigenvalue weighted by molar-refractivity contribution is 7.66. The first kappa shape index (κ1) is 39.5. The van der Waals surface area contributed by atoms with Crippen molar-refractivity contribution in [1.29, 1.82) is 0 Å². The van der Waals surface area contributed by atoms with E-state index in [4.69, 9.17) is 30.2 Å². The Morgan fingerprint density at radius 3 is 2.25 bits per heavy atom. The highest BCUT2D eigenvalue weighted by atomic mass is 31.3. The minimum Gasteiger partial charge on any atom is -0.387 e. The summed E-state index contributed by atoms with van der Waals surface area (Å²) < 4.78 is 75.6. The van der Waals surface area contributed by atoms with Gasteiger partial charge in [0.25, 0.3) is 17.3 Å². The normalized spacial score (nSPS) is 32.1. The molecule has 0 bridgehead atoms. The van der Waals surface area contributed by atoms with Crippen molar-refractivity contribution in [1.82, 2.24) is 24.1 Å². The topological polar surface area (TPSA) is 406 Å². The first-order chi connectivity index (χ1) is 24.7. The number of hydrogen-bond donors (Lipinski definition) is 11. The third-order valence-corrected chi connectivity index (χ3v) is 12.3. The SMILES string of the molecule is COC1[C@H](COP(=O)(O)OP(=O)(O)OP(=O)(O)OC[C@H]2O[C@@H](n3cnc4c(=O)[nH]c(N)nc43)C(O)[C@H]2O)O[C@H]([n+]2cn(C)c3c2NC(N)=NC3O)[C@@H]1O. The van der Waals surface area contributed by atoms with E-state index in [1.165, 1.54) is 22.6 Å². The van der Waals surface area contributed by atoms with Crippen molar-refractivity contribution in [2.45, 2.75) is 55.3 Å². The molecule has 0 saturated carbocycles. The number of nitrogens with one attached hydrogen (secondary N) is 2. The Bertz CT molecular complexity index is 2110. The summed E-state index contributed by atoms with van der Waals surface area (Å²) in [6.07, 6.45) is -10.8. The van der Waals surface area contributed by atoms with Crippen molar-refractivity contribution < 1.29 is 85.2 Å². The van der Waals surface area contributed by atoms with Crippen LogP contribution < -0.4 is 26.9 Å². The molecule has 31 heteroatoms. The number of anilines is 2. The van der Waals surface area contributed by atoms with Crippen LogP contribution in [-0.4, -0.2) is 122 Å². The number of aromatic nitrogens is 6. The number of ether oxygens (including phenoxy) is 3. The summed E-state index contributed by atoms with van der Waals surface area (Å²) >= 11 is 0. The van der Waals surface area contributed by atoms with Gasteiger partial charge in [0, 0.05) is 7.11 Å². The lowest BCUT2D eigenvalue weighted by Gasteiger charge is -2.21. The fourth-order valence-corrected chi connectivity index (χ4v) is 9.36. The summed E-state index contributed by atoms with van der Waals surface area (Å²) in [6, 6.07) is 0. The maximum absolute atomic E-state index is 12.6. The highest BCUT2D eigenvalue weighted by Crippen LogP contribution is 2.67. The number of phosphoric ester groups is 2. The summed E-state index contributed by atoms with van der Waals surface area (Å²) in [5, 5.41) is 45.0. The predicted octanol–water partition coefficient (Wildman–Crippen LogP) is -3.98. The standard InChI is InChI=1S/C22H33N10O18P3/c1-30-6-32(16-10(30)18(37)29-22(24)27-16)20-13(35)14(44-2)8(48-20)4-46-52(40,41)50-53(42,43)49-51(38,39)45-3-7-11(33)12(34)19(47-7)31-5-25-9-15(31)26-21(23)28-17(9)36/h5-8,11-14,18-20,33-35,37H,3-4H2,1-2H3,(H8-,23,24,26,27,28,29,36,38,39,40,41,42,43)/p+1/t7-,8+,11+,12?,13-,14?,18?,19-,20+/m1/s1. The third-order valence-electron chi connectivity index (χ3n) is 8.07. The number of rotatable bonds is 13. The van der Waals surface area contributed by atoms with Crippen molar-refractivity contribution in [3.8, 4) is 0 Å². The van der Waals surface area contributed by atoms with E-state index in [9.17, 15) is 53.6 Å². The van der Waals surface area contributed by atoms with Crippen molar-refractivity contribution in [3.05, 3.63) is 28.7 Å². The second kappa shape index (κ2) is 14.4. The minimum atomic E-state index is -5.97. The van der Waals surface area contributed by atoms with Gasteiger partial charge in [-0.1, -0.05) is 0 Å². The Hall–Kier alpha value is -3.24. The van der Waals surface area contributed by atoms with Crippen LogP contribution >= 0.6 is 23.5 Å². The largest absolute Gasteiger partial charge is 0.490 e. The molecule has 53 heavy (non-hydrogen) atoms. The molecule has 28 nitrogen and oxygen atoms in total. The lowest BCUT2D eigenvalue weighted by Crippen LogP contribution is -2.48. The number of aromatic amines is 1. The minimum absolute atomic E-state index is 0.143. The molecule has 0 spiro atoms. The number of H-pyrrole nitrogens is 1. The Kier molecular flexibility index (Phi) is 10.7. The molecule has 6 rings (SSSR count). The molecule has 6 unspecified atom stereocenters. The van der Waals surface area contributed by atoms with Gasteiger partial charge in [0.2, 0.25) is 24.1 Å². The average Bonchev–Trinajstić information content (AvgIpc) is 3.76. The summed E-state index contributed by atoms with van der Waals surface area (Å²) in [4.78, 5) is 56.1. The molecule has 12 atom stereocenters. The van der Waals surface area contributed by atoms with E-state index in [0.29, 0.717) is 0 Å². The lowest BCUT2D eigenvalue weighted by molar-refractivity contribution is -0.753. The number of nitrogen functional groups attached to an aromatic ring is 1. The number of aliphatic imine (C=N–C) groups is 1. The Morgan fingerprint density at radius 1 is 0.962 bits per heavy atom. The zero-order chi connectivity index (χ0) is 38.8. The number of nitrogens with zero attached hydrogens (tertiary/aromatic N) is 6. The molecule has 0 radical (unpaired) electrons. The van der Waals surface area contributed by atoms with Gasteiger partial charge in [0.1, 0.15) is 36.6 Å². The molecule has 2 fully saturated rings. The first-order valence-electron chi connectivity index (χ1n) is 14.9. The van der Waals surface area contributed by atoms with Crippen LogP contribution in [0.25, 0.3) is 11.2 Å². The monoisotopic (exact) mass is 819 g/mol. The summed E-state index contributed by atoms with van der Waals surface area (Å²) in [7, 11) is -14.5. The zero-order valence-corrected chi connectivity index (χ0v) is 29.7. The van der Waals surface area contributed by atoms with Crippen LogP contribution in [0.2, 0.25) is 0 Å². The number of aliphatic hydroxyl groups is 4. The predicted molar refractivity (Wildman–Crippen MR) is 169 cm³/mol.